The van der Waals surface area contributed by atoms with Gasteiger partial charge in [0.15, 0.2) is 0 Å². The molecule has 0 aromatic carbocycles. The molecular weight excluding hydrogens is 346 g/mol. The van der Waals surface area contributed by atoms with Crippen LogP contribution in [0.1, 0.15) is 78.1 Å². The molecule has 0 amide bonds. The van der Waals surface area contributed by atoms with Crippen LogP contribution >= 0.6 is 0 Å². The van der Waals surface area contributed by atoms with Crippen LogP contribution < -0.4 is 5.73 Å². The number of Topliss-reactive ketones (excluding diaryl/α,β-unsaturated/α-hetero) is 1. The van der Waals surface area contributed by atoms with Crippen molar-refractivity contribution in [3.05, 3.63) is 12.2 Å². The molecule has 0 saturated heterocycles. The van der Waals surface area contributed by atoms with Crippen LogP contribution in [-0.4, -0.2) is 24.0 Å². The summed E-state index contributed by atoms with van der Waals surface area (Å²) in [6, 6.07) is 0. The Kier molecular flexibility index (Phi) is 5.79. The maximum atomic E-state index is 12.7. The Balaban J connectivity index is 1.53. The minimum Gasteiger partial charge on any atom is -0.396 e. The summed E-state index contributed by atoms with van der Waals surface area (Å²) in [4.78, 5) is 12.7. The van der Waals surface area contributed by atoms with E-state index in [1.165, 1.54) is 32.1 Å². The predicted octanol–water partition coefficient (Wildman–Crippen LogP) is 4.73. The lowest BCUT2D eigenvalue weighted by atomic mass is 9.42. The number of unbranched alkanes of at least 4 members (excludes halogenated alkanes) is 1. The number of ketones is 1. The van der Waals surface area contributed by atoms with Gasteiger partial charge in [-0.3, -0.25) is 4.79 Å². The molecule has 4 aliphatic rings. The Labute approximate surface area is 171 Å². The Morgan fingerprint density at radius 2 is 1.96 bits per heavy atom. The number of fused-ring (bicyclic) bond motifs is 5. The molecule has 0 heterocycles. The van der Waals surface area contributed by atoms with Crippen molar-refractivity contribution in [1.29, 1.82) is 0 Å². The van der Waals surface area contributed by atoms with Gasteiger partial charge in [-0.05, 0) is 105 Å². The van der Waals surface area contributed by atoms with Gasteiger partial charge >= 0.3 is 0 Å². The number of nitrogens with two attached hydrogens (primary N) is 1. The van der Waals surface area contributed by atoms with Gasteiger partial charge in [0.25, 0.3) is 0 Å². The molecule has 0 bridgehead atoms. The van der Waals surface area contributed by atoms with Gasteiger partial charge in [-0.2, -0.15) is 0 Å². The van der Waals surface area contributed by atoms with Crippen LogP contribution in [0.5, 0.6) is 0 Å². The molecule has 0 spiro atoms. The monoisotopic (exact) mass is 387 g/mol. The number of aliphatic hydroxyl groups is 1. The molecule has 4 aliphatic carbocycles. The molecule has 3 nitrogen and oxygen atoms in total. The van der Waals surface area contributed by atoms with E-state index in [0.29, 0.717) is 47.4 Å². The number of allylic oxidation sites excluding steroid dienone is 2. The summed E-state index contributed by atoms with van der Waals surface area (Å²) in [5.74, 6) is 4.12. The number of rotatable bonds is 5. The van der Waals surface area contributed by atoms with Crippen molar-refractivity contribution in [3.63, 3.8) is 0 Å². The third-order valence-electron chi connectivity index (χ3n) is 9.81. The molecule has 3 heteroatoms. The van der Waals surface area contributed by atoms with Crippen LogP contribution in [0.15, 0.2) is 12.2 Å². The molecular formula is C25H41NO2. The van der Waals surface area contributed by atoms with Crippen molar-refractivity contribution in [3.8, 4) is 0 Å². The van der Waals surface area contributed by atoms with Gasteiger partial charge < -0.3 is 10.8 Å². The van der Waals surface area contributed by atoms with Crippen LogP contribution in [-0.2, 0) is 4.79 Å². The van der Waals surface area contributed by atoms with Crippen molar-refractivity contribution >= 4 is 5.78 Å². The Morgan fingerprint density at radius 3 is 2.71 bits per heavy atom. The smallest absolute Gasteiger partial charge is 0.139 e. The van der Waals surface area contributed by atoms with E-state index in [1.807, 2.05) is 0 Å². The van der Waals surface area contributed by atoms with E-state index in [2.05, 4.69) is 26.0 Å². The third kappa shape index (κ3) is 3.21. The van der Waals surface area contributed by atoms with Gasteiger partial charge in [-0.1, -0.05) is 26.0 Å². The SMILES string of the molecule is C[C@]12CC[C@@H](C=CCCCN)CC1C[C@@H](CO)[C@@H]1[C@@H]2CC[C@]2(C)C(=O)CC[C@@H]12. The normalized spacial score (nSPS) is 48.4. The fraction of sp³-hybridized carbons (Fsp3) is 0.880. The van der Waals surface area contributed by atoms with Gasteiger partial charge in [0.1, 0.15) is 5.78 Å². The molecule has 1 unspecified atom stereocenters. The summed E-state index contributed by atoms with van der Waals surface area (Å²) in [6.07, 6.45) is 16.2. The number of aliphatic hydroxyl groups excluding tert-OH is 1. The highest BCUT2D eigenvalue weighted by Crippen LogP contribution is 2.67. The highest BCUT2D eigenvalue weighted by molar-refractivity contribution is 5.87. The first-order valence-electron chi connectivity index (χ1n) is 11.9. The van der Waals surface area contributed by atoms with Gasteiger partial charge in [0.2, 0.25) is 0 Å². The lowest BCUT2D eigenvalue weighted by Crippen LogP contribution is -2.57. The average Bonchev–Trinajstić information content (AvgIpc) is 2.99. The summed E-state index contributed by atoms with van der Waals surface area (Å²) in [5, 5.41) is 10.3. The van der Waals surface area contributed by atoms with Crippen LogP contribution in [0.3, 0.4) is 0 Å². The van der Waals surface area contributed by atoms with Crippen molar-refractivity contribution < 1.29 is 9.90 Å². The second-order valence-corrected chi connectivity index (χ2v) is 11.0. The molecule has 8 atom stereocenters. The fourth-order valence-electron chi connectivity index (χ4n) is 8.12. The van der Waals surface area contributed by atoms with E-state index >= 15 is 0 Å². The molecule has 0 radical (unpaired) electrons. The second kappa shape index (κ2) is 7.87. The van der Waals surface area contributed by atoms with Gasteiger partial charge in [0, 0.05) is 18.4 Å². The first-order valence-corrected chi connectivity index (χ1v) is 11.9. The lowest BCUT2D eigenvalue weighted by molar-refractivity contribution is -0.154. The molecule has 0 aromatic rings. The summed E-state index contributed by atoms with van der Waals surface area (Å²) >= 11 is 0. The number of hydrogen-bond donors (Lipinski definition) is 2. The minimum absolute atomic E-state index is 0.0965. The van der Waals surface area contributed by atoms with Gasteiger partial charge in [-0.15, -0.1) is 0 Å². The van der Waals surface area contributed by atoms with Crippen molar-refractivity contribution in [1.82, 2.24) is 0 Å². The van der Waals surface area contributed by atoms with E-state index in [9.17, 15) is 9.90 Å². The third-order valence-corrected chi connectivity index (χ3v) is 9.81. The predicted molar refractivity (Wildman–Crippen MR) is 114 cm³/mol. The Bertz CT molecular complexity index is 616. The highest BCUT2D eigenvalue weighted by Gasteiger charge is 2.62. The summed E-state index contributed by atoms with van der Waals surface area (Å²) in [5.41, 5.74) is 5.93. The summed E-state index contributed by atoms with van der Waals surface area (Å²) in [6.45, 7) is 5.90. The molecule has 3 N–H and O–H groups in total. The molecule has 0 aromatic heterocycles. The van der Waals surface area contributed by atoms with E-state index in [-0.39, 0.29) is 5.41 Å². The summed E-state index contributed by atoms with van der Waals surface area (Å²) < 4.78 is 0. The Morgan fingerprint density at radius 1 is 1.14 bits per heavy atom. The van der Waals surface area contributed by atoms with Crippen LogP contribution in [0.4, 0.5) is 0 Å². The zero-order chi connectivity index (χ0) is 19.9. The molecule has 158 valence electrons. The first kappa shape index (κ1) is 20.6. The lowest BCUT2D eigenvalue weighted by Gasteiger charge is -2.62. The quantitative estimate of drug-likeness (QED) is 0.529. The zero-order valence-electron chi connectivity index (χ0n) is 18.0. The van der Waals surface area contributed by atoms with E-state index in [0.717, 1.165) is 44.6 Å². The average molecular weight is 388 g/mol. The van der Waals surface area contributed by atoms with Crippen molar-refractivity contribution in [2.75, 3.05) is 13.2 Å². The molecule has 28 heavy (non-hydrogen) atoms. The number of carbonyl (C=O) groups excluding carboxylic acids is 1. The minimum atomic E-state index is -0.0965. The van der Waals surface area contributed by atoms with E-state index in [4.69, 9.17) is 5.73 Å². The first-order chi connectivity index (χ1) is 13.4. The molecule has 4 saturated carbocycles. The topological polar surface area (TPSA) is 63.3 Å². The van der Waals surface area contributed by atoms with E-state index < -0.39 is 0 Å². The highest BCUT2D eigenvalue weighted by atomic mass is 16.3. The van der Waals surface area contributed by atoms with Crippen LogP contribution in [0.2, 0.25) is 0 Å². The standard InChI is InChI=1S/C25H41NO2/c1-24-11-9-17(6-4-3-5-13-26)14-19(24)15-18(16-27)23-20-7-8-22(28)25(20,2)12-10-21(23)24/h4,6,17-21,23,27H,3,5,7-16,26H2,1-2H3/t17-,18+,19?,20+,21+,23+,24+,25+/m1/s1. The van der Waals surface area contributed by atoms with E-state index in [1.54, 1.807) is 0 Å². The molecule has 0 aliphatic heterocycles. The largest absolute Gasteiger partial charge is 0.396 e. The summed E-state index contributed by atoms with van der Waals surface area (Å²) in [7, 11) is 0. The van der Waals surface area contributed by atoms with Crippen LogP contribution in [0.25, 0.3) is 0 Å². The molecule has 4 rings (SSSR count). The van der Waals surface area contributed by atoms with Gasteiger partial charge in [-0.25, -0.2) is 0 Å². The maximum Gasteiger partial charge on any atom is 0.139 e. The zero-order valence-corrected chi connectivity index (χ0v) is 18.0. The van der Waals surface area contributed by atoms with Crippen molar-refractivity contribution in [2.24, 2.45) is 52.1 Å². The second-order valence-electron chi connectivity index (χ2n) is 11.0. The fourth-order valence-corrected chi connectivity index (χ4v) is 8.12. The van der Waals surface area contributed by atoms with Gasteiger partial charge in [0.05, 0.1) is 0 Å². The number of hydrogen-bond acceptors (Lipinski definition) is 3. The Hall–Kier alpha value is -0.670. The number of carbonyl (C=O) groups is 1. The van der Waals surface area contributed by atoms with Crippen LogP contribution in [0, 0.1) is 46.3 Å². The maximum absolute atomic E-state index is 12.7. The van der Waals surface area contributed by atoms with Crippen molar-refractivity contribution in [2.45, 2.75) is 78.1 Å². The molecule has 4 fully saturated rings.